The molecule has 3 aromatic rings. The molecule has 0 bridgehead atoms. The second kappa shape index (κ2) is 7.55. The van der Waals surface area contributed by atoms with Gasteiger partial charge in [0.25, 0.3) is 0 Å². The van der Waals surface area contributed by atoms with Crippen molar-refractivity contribution in [3.05, 3.63) is 53.9 Å². The van der Waals surface area contributed by atoms with Crippen LogP contribution in [0.1, 0.15) is 45.2 Å². The summed E-state index contributed by atoms with van der Waals surface area (Å²) in [6, 6.07) is 4.65. The Kier molecular flexibility index (Phi) is 5.05. The molecule has 1 fully saturated rings. The second-order valence-corrected chi connectivity index (χ2v) is 8.46. The van der Waals surface area contributed by atoms with Gasteiger partial charge in [0, 0.05) is 23.8 Å². The Balaban J connectivity index is 1.64. The zero-order valence-electron chi connectivity index (χ0n) is 17.1. The van der Waals surface area contributed by atoms with E-state index in [1.54, 1.807) is 16.8 Å². The van der Waals surface area contributed by atoms with Gasteiger partial charge in [0.1, 0.15) is 23.1 Å². The van der Waals surface area contributed by atoms with Crippen molar-refractivity contribution in [1.29, 1.82) is 0 Å². The minimum absolute atomic E-state index is 0.306. The molecule has 158 valence electrons. The third-order valence-corrected chi connectivity index (χ3v) is 4.96. The highest BCUT2D eigenvalue weighted by atomic mass is 19.1. The zero-order valence-corrected chi connectivity index (χ0v) is 17.1. The summed E-state index contributed by atoms with van der Waals surface area (Å²) in [5.74, 6) is -0.276. The molecule has 1 unspecified atom stereocenters. The number of amides is 2. The third kappa shape index (κ3) is 4.05. The Morgan fingerprint density at radius 3 is 2.80 bits per heavy atom. The molecule has 1 saturated heterocycles. The molecule has 1 atom stereocenters. The van der Waals surface area contributed by atoms with E-state index in [0.717, 1.165) is 18.6 Å². The van der Waals surface area contributed by atoms with E-state index in [1.165, 1.54) is 12.3 Å². The van der Waals surface area contributed by atoms with Gasteiger partial charge in [-0.25, -0.2) is 23.1 Å². The van der Waals surface area contributed by atoms with Crippen LogP contribution in [0.3, 0.4) is 0 Å². The van der Waals surface area contributed by atoms with Crippen LogP contribution >= 0.6 is 0 Å². The van der Waals surface area contributed by atoms with Gasteiger partial charge in [-0.15, -0.1) is 0 Å². The molecule has 1 aromatic carbocycles. The van der Waals surface area contributed by atoms with Gasteiger partial charge in [-0.3, -0.25) is 0 Å². The van der Waals surface area contributed by atoms with Gasteiger partial charge in [0.2, 0.25) is 0 Å². The number of hydrogen-bond acceptors (Lipinski definition) is 4. The lowest BCUT2D eigenvalue weighted by molar-refractivity contribution is 0.244. The average molecular weight is 414 g/mol. The van der Waals surface area contributed by atoms with E-state index in [-0.39, 0.29) is 17.6 Å². The normalized spacial score (nSPS) is 16.8. The first-order valence-electron chi connectivity index (χ1n) is 9.86. The monoisotopic (exact) mass is 414 g/mol. The highest BCUT2D eigenvalue weighted by molar-refractivity contribution is 5.93. The molecule has 0 aliphatic carbocycles. The summed E-state index contributed by atoms with van der Waals surface area (Å²) in [5.41, 5.74) is 0.877. The number of rotatable bonds is 3. The smallest absolute Gasteiger partial charge is 0.319 e. The van der Waals surface area contributed by atoms with Crippen LogP contribution < -0.4 is 15.5 Å². The molecule has 30 heavy (non-hydrogen) atoms. The first kappa shape index (κ1) is 20.1. The first-order chi connectivity index (χ1) is 14.2. The lowest BCUT2D eigenvalue weighted by Crippen LogP contribution is -2.43. The van der Waals surface area contributed by atoms with Gasteiger partial charge in [0.05, 0.1) is 12.2 Å². The number of nitrogens with zero attached hydrogens (tertiary/aromatic N) is 4. The fourth-order valence-electron chi connectivity index (χ4n) is 3.74. The molecule has 7 nitrogen and oxygen atoms in total. The maximum atomic E-state index is 14.4. The maximum Gasteiger partial charge on any atom is 0.319 e. The van der Waals surface area contributed by atoms with Crippen LogP contribution in [0.4, 0.5) is 25.1 Å². The average Bonchev–Trinajstić information content (AvgIpc) is 3.29. The predicted octanol–water partition coefficient (Wildman–Crippen LogP) is 4.27. The molecule has 2 amide bonds. The molecule has 0 spiro atoms. The number of aromatic nitrogens is 3. The topological polar surface area (TPSA) is 74.6 Å². The summed E-state index contributed by atoms with van der Waals surface area (Å²) in [6.45, 7) is 6.33. The molecule has 2 N–H and O–H groups in total. The van der Waals surface area contributed by atoms with E-state index in [9.17, 15) is 13.6 Å². The van der Waals surface area contributed by atoms with E-state index in [0.29, 0.717) is 35.7 Å². The van der Waals surface area contributed by atoms with E-state index in [4.69, 9.17) is 0 Å². The second-order valence-electron chi connectivity index (χ2n) is 8.46. The Labute approximate surface area is 173 Å². The quantitative estimate of drug-likeness (QED) is 0.671. The summed E-state index contributed by atoms with van der Waals surface area (Å²) in [4.78, 5) is 18.9. The molecular weight excluding hydrogens is 390 g/mol. The van der Waals surface area contributed by atoms with E-state index in [1.807, 2.05) is 25.7 Å². The molecular formula is C21H24F2N6O. The van der Waals surface area contributed by atoms with Crippen LogP contribution in [0.25, 0.3) is 5.65 Å². The minimum atomic E-state index is -0.464. The van der Waals surface area contributed by atoms with Crippen molar-refractivity contribution in [3.8, 4) is 0 Å². The Morgan fingerprint density at radius 2 is 2.03 bits per heavy atom. The van der Waals surface area contributed by atoms with Crippen molar-refractivity contribution >= 4 is 23.2 Å². The molecule has 2 aromatic heterocycles. The predicted molar refractivity (Wildman–Crippen MR) is 111 cm³/mol. The summed E-state index contributed by atoms with van der Waals surface area (Å²) in [7, 11) is 0. The molecule has 4 rings (SSSR count). The molecule has 1 aliphatic rings. The number of halogens is 2. The van der Waals surface area contributed by atoms with Gasteiger partial charge in [-0.2, -0.15) is 5.10 Å². The number of urea groups is 1. The molecule has 0 radical (unpaired) electrons. The lowest BCUT2D eigenvalue weighted by Gasteiger charge is -2.26. The van der Waals surface area contributed by atoms with Gasteiger partial charge in [0.15, 0.2) is 5.65 Å². The summed E-state index contributed by atoms with van der Waals surface area (Å²) >= 11 is 0. The molecule has 1 aliphatic heterocycles. The van der Waals surface area contributed by atoms with E-state index in [2.05, 4.69) is 20.7 Å². The fourth-order valence-corrected chi connectivity index (χ4v) is 3.74. The number of benzene rings is 1. The van der Waals surface area contributed by atoms with Crippen LogP contribution in [-0.4, -0.2) is 32.7 Å². The Hall–Kier alpha value is -3.23. The molecule has 0 saturated carbocycles. The van der Waals surface area contributed by atoms with Crippen LogP contribution in [0.15, 0.2) is 36.7 Å². The highest BCUT2D eigenvalue weighted by Gasteiger charge is 2.30. The minimum Gasteiger partial charge on any atom is -0.349 e. The third-order valence-electron chi connectivity index (χ3n) is 4.96. The van der Waals surface area contributed by atoms with E-state index < -0.39 is 11.6 Å². The highest BCUT2D eigenvalue weighted by Crippen LogP contribution is 2.37. The van der Waals surface area contributed by atoms with Crippen LogP contribution in [0.5, 0.6) is 0 Å². The maximum absolute atomic E-state index is 14.4. The van der Waals surface area contributed by atoms with Gasteiger partial charge in [-0.1, -0.05) is 0 Å². The lowest BCUT2D eigenvalue weighted by atomic mass is 10.0. The number of anilines is 2. The fraction of sp³-hybridized carbons (Fsp3) is 0.381. The standard InChI is InChI=1S/C21H24F2N6O/c1-21(2,3)27-20(30)25-16-12-24-29-10-8-18(26-19(16)29)28-9-4-5-17(28)14-11-13(22)6-7-15(14)23/h6-8,10-12,17H,4-5,9H2,1-3H3,(H2,25,27,30). The van der Waals surface area contributed by atoms with Crippen molar-refractivity contribution in [3.63, 3.8) is 0 Å². The van der Waals surface area contributed by atoms with Gasteiger partial charge < -0.3 is 15.5 Å². The summed E-state index contributed by atoms with van der Waals surface area (Å²) in [6.07, 6.45) is 4.81. The first-order valence-corrected chi connectivity index (χ1v) is 9.86. The number of nitrogens with one attached hydrogen (secondary N) is 2. The van der Waals surface area contributed by atoms with Crippen molar-refractivity contribution in [2.75, 3.05) is 16.8 Å². The Morgan fingerprint density at radius 1 is 1.23 bits per heavy atom. The van der Waals surface area contributed by atoms with Gasteiger partial charge >= 0.3 is 6.03 Å². The van der Waals surface area contributed by atoms with Crippen LogP contribution in [0.2, 0.25) is 0 Å². The summed E-state index contributed by atoms with van der Waals surface area (Å²) in [5, 5.41) is 9.83. The number of hydrogen-bond donors (Lipinski definition) is 2. The molecule has 3 heterocycles. The van der Waals surface area contributed by atoms with Crippen molar-refractivity contribution in [2.24, 2.45) is 0 Å². The Bertz CT molecular complexity index is 1090. The number of carbonyl (C=O) groups is 1. The van der Waals surface area contributed by atoms with E-state index >= 15 is 0 Å². The molecule has 9 heteroatoms. The van der Waals surface area contributed by atoms with Gasteiger partial charge in [-0.05, 0) is 57.9 Å². The zero-order chi connectivity index (χ0) is 21.5. The number of carbonyl (C=O) groups excluding carboxylic acids is 1. The number of fused-ring (bicyclic) bond motifs is 1. The van der Waals surface area contributed by atoms with Crippen molar-refractivity contribution < 1.29 is 13.6 Å². The SMILES string of the molecule is CC(C)(C)NC(=O)Nc1cnn2ccc(N3CCCC3c3cc(F)ccc3F)nc12. The summed E-state index contributed by atoms with van der Waals surface area (Å²) < 4.78 is 29.7. The van der Waals surface area contributed by atoms with Crippen LogP contribution in [-0.2, 0) is 0 Å². The largest absolute Gasteiger partial charge is 0.349 e. The van der Waals surface area contributed by atoms with Crippen molar-refractivity contribution in [2.45, 2.75) is 45.2 Å². The van der Waals surface area contributed by atoms with Crippen LogP contribution in [0, 0.1) is 11.6 Å². The van der Waals surface area contributed by atoms with Crippen molar-refractivity contribution in [1.82, 2.24) is 19.9 Å².